The summed E-state index contributed by atoms with van der Waals surface area (Å²) in [6.07, 6.45) is 1.60. The summed E-state index contributed by atoms with van der Waals surface area (Å²) in [6, 6.07) is 28.4. The van der Waals surface area contributed by atoms with Crippen molar-refractivity contribution < 1.29 is 33.3 Å². The Morgan fingerprint density at radius 2 is 0.570 bits per heavy atom. The van der Waals surface area contributed by atoms with Gasteiger partial charge in [-0.2, -0.15) is 0 Å². The molecule has 0 saturated heterocycles. The predicted octanol–water partition coefficient (Wildman–Crippen LogP) is 13.9. The van der Waals surface area contributed by atoms with Crippen LogP contribution in [0.15, 0.2) is 78.9 Å². The van der Waals surface area contributed by atoms with E-state index >= 15 is 0 Å². The molecule has 79 heavy (non-hydrogen) atoms. The van der Waals surface area contributed by atoms with Gasteiger partial charge in [0.25, 0.3) is 17.7 Å². The highest BCUT2D eigenvalue weighted by atomic mass is 16.5. The summed E-state index contributed by atoms with van der Waals surface area (Å²) in [5, 5.41) is 0. The van der Waals surface area contributed by atoms with E-state index in [1.54, 1.807) is 4.90 Å². The van der Waals surface area contributed by atoms with Gasteiger partial charge in [0.2, 0.25) is 0 Å². The second kappa shape index (κ2) is 25.9. The molecule has 0 atom stereocenters. The quantitative estimate of drug-likeness (QED) is 0.0845. The number of carbonyl (C=O) groups is 3. The minimum atomic E-state index is -0.300. The topological polar surface area (TPSA) is 97.9 Å². The first-order chi connectivity index (χ1) is 37.1. The van der Waals surface area contributed by atoms with E-state index in [2.05, 4.69) is 144 Å². The third kappa shape index (κ3) is 15.5. The molecule has 1 aliphatic rings. The summed E-state index contributed by atoms with van der Waals surface area (Å²) < 4.78 is 28.3. The number of nitrogens with zero attached hydrogens (tertiary/aromatic N) is 3. The van der Waals surface area contributed by atoms with E-state index in [1.165, 1.54) is 0 Å². The van der Waals surface area contributed by atoms with Crippen LogP contribution in [0, 0.1) is 0 Å². The maximum Gasteiger partial charge on any atom is 0.260 e. The third-order valence-electron chi connectivity index (χ3n) is 15.6. The van der Waals surface area contributed by atoms with Crippen LogP contribution in [0.2, 0.25) is 0 Å². The van der Waals surface area contributed by atoms with Gasteiger partial charge in [-0.15, -0.1) is 0 Å². The number of ether oxygens (including phenoxy) is 4. The number of likely N-dealkylation sites (N-methyl/N-ethyl adjacent to an activating group) is 3. The van der Waals surface area contributed by atoms with Gasteiger partial charge in [-0.3, -0.25) is 14.4 Å². The van der Waals surface area contributed by atoms with Gasteiger partial charge in [0.1, 0.15) is 29.6 Å². The van der Waals surface area contributed by atoms with Gasteiger partial charge in [0.05, 0.1) is 0 Å². The fourth-order valence-electron chi connectivity index (χ4n) is 10.5. The molecule has 0 unspecified atom stereocenters. The molecule has 10 heteroatoms. The fourth-order valence-corrected chi connectivity index (χ4v) is 10.5. The predicted molar refractivity (Wildman–Crippen MR) is 323 cm³/mol. The molecular formula is C69H95N3O7. The Morgan fingerprint density at radius 1 is 0.354 bits per heavy atom. The van der Waals surface area contributed by atoms with E-state index in [4.69, 9.17) is 18.9 Å². The highest BCUT2D eigenvalue weighted by molar-refractivity contribution is 5.79. The molecule has 0 radical (unpaired) electrons. The van der Waals surface area contributed by atoms with Crippen LogP contribution in [-0.4, -0.2) is 91.5 Å². The number of fused-ring (bicyclic) bond motifs is 8. The van der Waals surface area contributed by atoms with Crippen molar-refractivity contribution in [2.75, 3.05) is 59.1 Å². The van der Waals surface area contributed by atoms with Crippen LogP contribution in [0.1, 0.15) is 197 Å². The second-order valence-corrected chi connectivity index (χ2v) is 25.5. The molecule has 6 rings (SSSR count). The molecule has 0 aromatic heterocycles. The van der Waals surface area contributed by atoms with E-state index in [0.29, 0.717) is 88.8 Å². The summed E-state index contributed by atoms with van der Waals surface area (Å²) in [7, 11) is 0. The number of hydrogen-bond acceptors (Lipinski definition) is 7. The number of hydrogen-bond donors (Lipinski definition) is 0. The first-order valence-corrected chi connectivity index (χ1v) is 29.2. The largest absolute Gasteiger partial charge is 0.488 e. The van der Waals surface area contributed by atoms with Gasteiger partial charge in [0.15, 0.2) is 19.8 Å². The van der Waals surface area contributed by atoms with E-state index in [-0.39, 0.29) is 59.2 Å². The molecule has 1 aliphatic carbocycles. The van der Waals surface area contributed by atoms with Crippen LogP contribution in [-0.2, 0) is 68.3 Å². The molecule has 0 saturated carbocycles. The Labute approximate surface area is 475 Å². The van der Waals surface area contributed by atoms with Gasteiger partial charge in [-0.05, 0) is 136 Å². The van der Waals surface area contributed by atoms with Crippen LogP contribution >= 0.6 is 0 Å². The van der Waals surface area contributed by atoms with Gasteiger partial charge in [-0.25, -0.2) is 0 Å². The molecule has 3 amide bonds. The van der Waals surface area contributed by atoms with Crippen LogP contribution in [0.25, 0.3) is 0 Å². The lowest BCUT2D eigenvalue weighted by atomic mass is 9.79. The van der Waals surface area contributed by atoms with Crippen molar-refractivity contribution in [2.45, 2.75) is 179 Å². The normalized spacial score (nSPS) is 12.9. The molecule has 0 aliphatic heterocycles. The van der Waals surface area contributed by atoms with Crippen LogP contribution in [0.4, 0.5) is 0 Å². The van der Waals surface area contributed by atoms with Crippen molar-refractivity contribution in [2.24, 2.45) is 0 Å². The summed E-state index contributed by atoms with van der Waals surface area (Å²) in [5.41, 5.74) is 11.9. The second-order valence-electron chi connectivity index (χ2n) is 25.5. The summed E-state index contributed by atoms with van der Waals surface area (Å²) in [4.78, 5) is 47.6. The molecule has 0 N–H and O–H groups in total. The number of rotatable bonds is 18. The Morgan fingerprint density at radius 3 is 0.772 bits per heavy atom. The van der Waals surface area contributed by atoms with Crippen molar-refractivity contribution in [3.05, 3.63) is 151 Å². The van der Waals surface area contributed by atoms with Gasteiger partial charge in [0, 0.05) is 65.0 Å². The molecule has 0 heterocycles. The number of benzene rings is 5. The summed E-state index contributed by atoms with van der Waals surface area (Å²) in [5.74, 6) is 2.43. The van der Waals surface area contributed by atoms with Crippen molar-refractivity contribution in [3.8, 4) is 23.0 Å². The first kappa shape index (κ1) is 61.9. The molecule has 0 fully saturated rings. The lowest BCUT2D eigenvalue weighted by Gasteiger charge is -2.29. The Hall–Kier alpha value is -6.29. The van der Waals surface area contributed by atoms with Gasteiger partial charge < -0.3 is 33.6 Å². The zero-order valence-electron chi connectivity index (χ0n) is 51.6. The fraction of sp³-hybridized carbons (Fsp3) is 0.522. The van der Waals surface area contributed by atoms with Crippen molar-refractivity contribution in [1.29, 1.82) is 0 Å². The average molecular weight is 1080 g/mol. The Bertz CT molecular complexity index is 2770. The van der Waals surface area contributed by atoms with Crippen molar-refractivity contribution >= 4 is 17.7 Å². The molecule has 0 spiro atoms. The average Bonchev–Trinajstić information content (AvgIpc) is 3.44. The van der Waals surface area contributed by atoms with Gasteiger partial charge >= 0.3 is 0 Å². The SMILES string of the molecule is CCN(CC)C(=O)COc1c2cc(C(C)(C)C)cc1Cc1cc(C(C)(C)C)cc(c1OCC(=O)N(CC)CC)Cc1cc(C(C)(C)C)cc(c1OCc1ccccc1)Cc1cc(C(C)(C)C)cc(c1OCC(=O)N(CC)CC)C2. The van der Waals surface area contributed by atoms with Crippen molar-refractivity contribution in [3.63, 3.8) is 0 Å². The van der Waals surface area contributed by atoms with E-state index in [9.17, 15) is 14.4 Å². The zero-order valence-corrected chi connectivity index (χ0v) is 51.6. The molecule has 5 aromatic rings. The van der Waals surface area contributed by atoms with E-state index < -0.39 is 0 Å². The lowest BCUT2D eigenvalue weighted by Crippen LogP contribution is -2.35. The smallest absolute Gasteiger partial charge is 0.260 e. The summed E-state index contributed by atoms with van der Waals surface area (Å²) >= 11 is 0. The standard InChI is InChI=1S/C69H95N3O7/c1-19-70(20-2)59(73)43-77-63-49-30-47-34-55(66(7,8)9)35-48(62(47)76-42-46-28-26-25-27-29-46)31-50-37-57(68(13,14)15)39-52(64(50)78-44-60(74)71(21-3)22-4)33-54-41-58(69(16,17)18)40-53(32-51(63)38-56(36-49)67(10,11)12)65(54)79-45-61(75)72(23-5)24-6/h25-29,34-41H,19-24,30-33,42-45H2,1-18H3. The maximum atomic E-state index is 14.1. The highest BCUT2D eigenvalue weighted by Crippen LogP contribution is 2.45. The van der Waals surface area contributed by atoms with Crippen LogP contribution in [0.5, 0.6) is 23.0 Å². The number of carbonyl (C=O) groups excluding carboxylic acids is 3. The maximum absolute atomic E-state index is 14.1. The minimum absolute atomic E-state index is 0.0867. The van der Waals surface area contributed by atoms with Crippen LogP contribution in [0.3, 0.4) is 0 Å². The summed E-state index contributed by atoms with van der Waals surface area (Å²) in [6.45, 7) is 42.1. The van der Waals surface area contributed by atoms with Crippen molar-refractivity contribution in [1.82, 2.24) is 14.7 Å². The van der Waals surface area contributed by atoms with E-state index in [0.717, 1.165) is 78.1 Å². The van der Waals surface area contributed by atoms with Gasteiger partial charge in [-0.1, -0.05) is 162 Å². The monoisotopic (exact) mass is 1080 g/mol. The van der Waals surface area contributed by atoms with Crippen LogP contribution < -0.4 is 18.9 Å². The molecular weight excluding hydrogens is 983 g/mol. The lowest BCUT2D eigenvalue weighted by molar-refractivity contribution is -0.133. The molecule has 10 nitrogen and oxygen atoms in total. The molecule has 428 valence electrons. The molecule has 5 aromatic carbocycles. The zero-order chi connectivity index (χ0) is 58.2. The Balaban J connectivity index is 1.82. The first-order valence-electron chi connectivity index (χ1n) is 29.2. The Kier molecular flexibility index (Phi) is 20.3. The molecule has 8 bridgehead atoms. The highest BCUT2D eigenvalue weighted by Gasteiger charge is 2.31. The third-order valence-corrected chi connectivity index (χ3v) is 15.6. The van der Waals surface area contributed by atoms with E-state index in [1.807, 2.05) is 69.5 Å². The number of amides is 3. The minimum Gasteiger partial charge on any atom is -0.488 e.